The molecule has 0 aliphatic carbocycles. The lowest BCUT2D eigenvalue weighted by Crippen LogP contribution is -1.90. The van der Waals surface area contributed by atoms with Gasteiger partial charge in [-0.1, -0.05) is 21.1 Å². The van der Waals surface area contributed by atoms with Crippen LogP contribution in [0.1, 0.15) is 17.0 Å². The fourth-order valence-electron chi connectivity index (χ4n) is 1.53. The highest BCUT2D eigenvalue weighted by Gasteiger charge is 2.21. The monoisotopic (exact) mass is 326 g/mol. The zero-order valence-electron chi connectivity index (χ0n) is 9.76. The van der Waals surface area contributed by atoms with Crippen LogP contribution in [0.3, 0.4) is 0 Å². The lowest BCUT2D eigenvalue weighted by atomic mass is 10.2. The Hall–Kier alpha value is -2.02. The minimum absolute atomic E-state index is 0.0573. The molecule has 7 heteroatoms. The molecule has 0 atom stereocenters. The average Bonchev–Trinajstić information content (AvgIpc) is 2.72. The maximum absolute atomic E-state index is 13.5. The van der Waals surface area contributed by atoms with Crippen LogP contribution in [-0.4, -0.2) is 10.1 Å². The van der Waals surface area contributed by atoms with Gasteiger partial charge in [-0.2, -0.15) is 0 Å². The lowest BCUT2D eigenvalue weighted by Gasteiger charge is -1.96. The molecule has 0 unspecified atom stereocenters. The third-order valence-electron chi connectivity index (χ3n) is 2.42. The molecule has 2 aromatic rings. The van der Waals surface area contributed by atoms with E-state index in [9.17, 15) is 14.5 Å². The van der Waals surface area contributed by atoms with Gasteiger partial charge in [0.25, 0.3) is 0 Å². The summed E-state index contributed by atoms with van der Waals surface area (Å²) < 4.78 is 18.9. The minimum atomic E-state index is -0.581. The fraction of sp³-hybridized carbons (Fsp3) is 0.0833. The van der Waals surface area contributed by atoms with Crippen molar-refractivity contribution in [2.45, 2.75) is 6.92 Å². The first-order chi connectivity index (χ1) is 8.99. The van der Waals surface area contributed by atoms with Gasteiger partial charge < -0.3 is 4.52 Å². The minimum Gasteiger partial charge on any atom is -0.354 e. The summed E-state index contributed by atoms with van der Waals surface area (Å²) in [6.07, 6.45) is 2.75. The number of hydrogen-bond donors (Lipinski definition) is 0. The molecule has 0 N–H and O–H groups in total. The molecule has 0 amide bonds. The van der Waals surface area contributed by atoms with Gasteiger partial charge in [-0.25, -0.2) is 4.39 Å². The van der Waals surface area contributed by atoms with E-state index in [2.05, 4.69) is 21.1 Å². The van der Waals surface area contributed by atoms with E-state index in [0.717, 1.165) is 0 Å². The van der Waals surface area contributed by atoms with Crippen LogP contribution in [0.5, 0.6) is 0 Å². The van der Waals surface area contributed by atoms with E-state index < -0.39 is 10.7 Å². The van der Waals surface area contributed by atoms with Gasteiger partial charge >= 0.3 is 5.69 Å². The second-order valence-corrected chi connectivity index (χ2v) is 4.64. The summed E-state index contributed by atoms with van der Waals surface area (Å²) in [6.45, 7) is 1.45. The predicted octanol–water partition coefficient (Wildman–Crippen LogP) is 3.96. The standard InChI is InChI=1S/C12H8BrFN2O3/c1-7-12(16(17)18)11(15-19-7)5-2-8-6-9(13)3-4-10(8)14/h2-6H,1H3. The van der Waals surface area contributed by atoms with Crippen molar-refractivity contribution in [2.24, 2.45) is 0 Å². The van der Waals surface area contributed by atoms with Crippen LogP contribution in [-0.2, 0) is 0 Å². The van der Waals surface area contributed by atoms with E-state index in [1.54, 1.807) is 12.1 Å². The van der Waals surface area contributed by atoms with E-state index in [1.807, 2.05) is 0 Å². The number of nitro groups is 1. The number of rotatable bonds is 3. The van der Waals surface area contributed by atoms with Crippen molar-refractivity contribution in [3.63, 3.8) is 0 Å². The third-order valence-corrected chi connectivity index (χ3v) is 2.91. The molecule has 0 saturated heterocycles. The molecule has 1 aromatic heterocycles. The number of aryl methyl sites for hydroxylation is 1. The number of benzene rings is 1. The molecule has 0 radical (unpaired) electrons. The summed E-state index contributed by atoms with van der Waals surface area (Å²) in [5.41, 5.74) is 0.137. The highest BCUT2D eigenvalue weighted by molar-refractivity contribution is 9.10. The molecule has 98 valence electrons. The van der Waals surface area contributed by atoms with Crippen molar-refractivity contribution in [1.29, 1.82) is 0 Å². The van der Waals surface area contributed by atoms with Crippen LogP contribution in [0, 0.1) is 22.9 Å². The molecule has 2 rings (SSSR count). The molecule has 0 saturated carbocycles. The SMILES string of the molecule is Cc1onc(C=Cc2cc(Br)ccc2F)c1[N+](=O)[O-]. The fourth-order valence-corrected chi connectivity index (χ4v) is 1.91. The number of halogens is 2. The molecule has 0 bridgehead atoms. The molecule has 0 spiro atoms. The Morgan fingerprint density at radius 3 is 2.89 bits per heavy atom. The predicted molar refractivity (Wildman–Crippen MR) is 70.9 cm³/mol. The number of hydrogen-bond acceptors (Lipinski definition) is 4. The Labute approximate surface area is 116 Å². The Bertz CT molecular complexity index is 667. The molecule has 0 fully saturated rings. The topological polar surface area (TPSA) is 69.2 Å². The van der Waals surface area contributed by atoms with Crippen LogP contribution in [0.2, 0.25) is 0 Å². The molecular formula is C12H8BrFN2O3. The van der Waals surface area contributed by atoms with Gasteiger partial charge in [-0.15, -0.1) is 0 Å². The zero-order valence-corrected chi connectivity index (χ0v) is 11.3. The van der Waals surface area contributed by atoms with Crippen molar-refractivity contribution in [2.75, 3.05) is 0 Å². The van der Waals surface area contributed by atoms with E-state index >= 15 is 0 Å². The smallest absolute Gasteiger partial charge is 0.338 e. The Morgan fingerprint density at radius 2 is 2.21 bits per heavy atom. The van der Waals surface area contributed by atoms with Crippen LogP contribution in [0.4, 0.5) is 10.1 Å². The van der Waals surface area contributed by atoms with Gasteiger partial charge in [0.2, 0.25) is 5.76 Å². The molecule has 5 nitrogen and oxygen atoms in total. The second-order valence-electron chi connectivity index (χ2n) is 3.73. The molecule has 0 aliphatic heterocycles. The normalized spacial score (nSPS) is 11.1. The van der Waals surface area contributed by atoms with Crippen molar-refractivity contribution in [3.05, 3.63) is 55.6 Å². The van der Waals surface area contributed by atoms with E-state index in [1.165, 1.54) is 25.1 Å². The van der Waals surface area contributed by atoms with Crippen molar-refractivity contribution in [3.8, 4) is 0 Å². The Balaban J connectivity index is 2.38. The highest BCUT2D eigenvalue weighted by Crippen LogP contribution is 2.25. The second kappa shape index (κ2) is 5.31. The van der Waals surface area contributed by atoms with E-state index in [4.69, 9.17) is 4.52 Å². The van der Waals surface area contributed by atoms with Gasteiger partial charge in [0.05, 0.1) is 4.92 Å². The molecular weight excluding hydrogens is 319 g/mol. The first-order valence-corrected chi connectivity index (χ1v) is 6.02. The molecule has 1 heterocycles. The Morgan fingerprint density at radius 1 is 1.47 bits per heavy atom. The first kappa shape index (κ1) is 13.4. The van der Waals surface area contributed by atoms with Gasteiger partial charge in [-0.05, 0) is 30.4 Å². The zero-order chi connectivity index (χ0) is 14.0. The van der Waals surface area contributed by atoms with Crippen LogP contribution < -0.4 is 0 Å². The summed E-state index contributed by atoms with van der Waals surface area (Å²) in [4.78, 5) is 10.2. The summed E-state index contributed by atoms with van der Waals surface area (Å²) in [5, 5.41) is 14.4. The lowest BCUT2D eigenvalue weighted by molar-refractivity contribution is -0.386. The molecule has 0 aliphatic rings. The van der Waals surface area contributed by atoms with Crippen LogP contribution >= 0.6 is 15.9 Å². The maximum atomic E-state index is 13.5. The van der Waals surface area contributed by atoms with E-state index in [-0.39, 0.29) is 17.1 Å². The van der Waals surface area contributed by atoms with Crippen LogP contribution in [0.15, 0.2) is 27.2 Å². The summed E-state index contributed by atoms with van der Waals surface area (Å²) in [5.74, 6) is -0.318. The van der Waals surface area contributed by atoms with Crippen molar-refractivity contribution < 1.29 is 13.8 Å². The quantitative estimate of drug-likeness (QED) is 0.632. The first-order valence-electron chi connectivity index (χ1n) is 5.23. The van der Waals surface area contributed by atoms with Crippen molar-refractivity contribution in [1.82, 2.24) is 5.16 Å². The van der Waals surface area contributed by atoms with Gasteiger partial charge in [0, 0.05) is 17.0 Å². The number of aromatic nitrogens is 1. The largest absolute Gasteiger partial charge is 0.354 e. The summed E-state index contributed by atoms with van der Waals surface area (Å²) >= 11 is 3.22. The van der Waals surface area contributed by atoms with Gasteiger partial charge in [0.1, 0.15) is 5.82 Å². The maximum Gasteiger partial charge on any atom is 0.338 e. The third kappa shape index (κ3) is 2.87. The van der Waals surface area contributed by atoms with E-state index in [0.29, 0.717) is 10.0 Å². The molecule has 19 heavy (non-hydrogen) atoms. The summed E-state index contributed by atoms with van der Waals surface area (Å²) in [7, 11) is 0. The number of nitrogens with zero attached hydrogens (tertiary/aromatic N) is 2. The molecule has 1 aromatic carbocycles. The van der Waals surface area contributed by atoms with Gasteiger partial charge in [-0.3, -0.25) is 10.1 Å². The van der Waals surface area contributed by atoms with Crippen molar-refractivity contribution >= 4 is 33.8 Å². The highest BCUT2D eigenvalue weighted by atomic mass is 79.9. The average molecular weight is 327 g/mol. The Kier molecular flexibility index (Phi) is 3.75. The van der Waals surface area contributed by atoms with Crippen LogP contribution in [0.25, 0.3) is 12.2 Å². The summed E-state index contributed by atoms with van der Waals surface area (Å²) in [6, 6.07) is 4.42. The van der Waals surface area contributed by atoms with Gasteiger partial charge in [0.15, 0.2) is 5.69 Å².